The Bertz CT molecular complexity index is 1070. The predicted octanol–water partition coefficient (Wildman–Crippen LogP) is 11.5. The normalized spacial score (nSPS) is 29.4. The fraction of sp³-hybridized carbons (Fsp3) is 0.657. The van der Waals surface area contributed by atoms with Gasteiger partial charge in [0.15, 0.2) is 17.5 Å². The molecular weight excluding hydrogens is 515 g/mol. The van der Waals surface area contributed by atoms with Crippen LogP contribution in [0.25, 0.3) is 0 Å². The van der Waals surface area contributed by atoms with Crippen LogP contribution in [0.3, 0.4) is 0 Å². The molecule has 40 heavy (non-hydrogen) atoms. The zero-order valence-electron chi connectivity index (χ0n) is 24.0. The SMILES string of the molecule is CCCCCC1CCC([C@H]2CC[C@H](c3cc(F)c(C4CCC(c5cc(F)c(F)c(F)c5)CC4)c(F)c3)CC2)CC1. The third kappa shape index (κ3) is 6.76. The number of unbranched alkanes of at least 4 members (excludes halogenated alkanes) is 2. The maximum atomic E-state index is 15.4. The number of benzene rings is 2. The number of hydrogen-bond acceptors (Lipinski definition) is 0. The molecule has 0 amide bonds. The van der Waals surface area contributed by atoms with Crippen LogP contribution >= 0.6 is 0 Å². The van der Waals surface area contributed by atoms with Crippen molar-refractivity contribution in [2.75, 3.05) is 0 Å². The van der Waals surface area contributed by atoms with Crippen LogP contribution in [0.2, 0.25) is 0 Å². The first-order chi connectivity index (χ1) is 19.3. The van der Waals surface area contributed by atoms with Gasteiger partial charge < -0.3 is 0 Å². The summed E-state index contributed by atoms with van der Waals surface area (Å²) in [6, 6.07) is 5.24. The van der Waals surface area contributed by atoms with Crippen molar-refractivity contribution in [2.24, 2.45) is 17.8 Å². The molecule has 2 aromatic rings. The van der Waals surface area contributed by atoms with Gasteiger partial charge in [-0.05, 0) is 135 Å². The van der Waals surface area contributed by atoms with E-state index >= 15 is 8.78 Å². The van der Waals surface area contributed by atoms with Gasteiger partial charge >= 0.3 is 0 Å². The Morgan fingerprint density at radius 3 is 1.45 bits per heavy atom. The van der Waals surface area contributed by atoms with Crippen LogP contribution < -0.4 is 0 Å². The Hall–Kier alpha value is -1.91. The van der Waals surface area contributed by atoms with Crippen LogP contribution in [0, 0.1) is 46.8 Å². The summed E-state index contributed by atoms with van der Waals surface area (Å²) in [4.78, 5) is 0. The van der Waals surface area contributed by atoms with Crippen LogP contribution in [-0.4, -0.2) is 0 Å². The summed E-state index contributed by atoms with van der Waals surface area (Å²) in [6.45, 7) is 2.27. The van der Waals surface area contributed by atoms with E-state index in [2.05, 4.69) is 6.92 Å². The summed E-state index contributed by atoms with van der Waals surface area (Å²) < 4.78 is 71.5. The van der Waals surface area contributed by atoms with E-state index in [1.54, 1.807) is 12.1 Å². The smallest absolute Gasteiger partial charge is 0.194 e. The molecular formula is C35H45F5. The van der Waals surface area contributed by atoms with Gasteiger partial charge in [0.25, 0.3) is 0 Å². The van der Waals surface area contributed by atoms with Crippen LogP contribution in [-0.2, 0) is 0 Å². The van der Waals surface area contributed by atoms with E-state index in [1.807, 2.05) is 0 Å². The highest BCUT2D eigenvalue weighted by atomic mass is 19.2. The first-order valence-corrected chi connectivity index (χ1v) is 16.0. The summed E-state index contributed by atoms with van der Waals surface area (Å²) in [5.41, 5.74) is 1.37. The first-order valence-electron chi connectivity index (χ1n) is 16.0. The Morgan fingerprint density at radius 2 is 0.950 bits per heavy atom. The van der Waals surface area contributed by atoms with Gasteiger partial charge in [-0.1, -0.05) is 45.4 Å². The van der Waals surface area contributed by atoms with Crippen LogP contribution in [0.15, 0.2) is 24.3 Å². The lowest BCUT2D eigenvalue weighted by Gasteiger charge is -2.38. The molecule has 0 spiro atoms. The molecule has 0 N–H and O–H groups in total. The van der Waals surface area contributed by atoms with Gasteiger partial charge in [-0.3, -0.25) is 0 Å². The van der Waals surface area contributed by atoms with Gasteiger partial charge in [0.1, 0.15) is 11.6 Å². The number of rotatable bonds is 8. The average Bonchev–Trinajstić information content (AvgIpc) is 2.96. The van der Waals surface area contributed by atoms with Crippen molar-refractivity contribution in [3.63, 3.8) is 0 Å². The molecule has 0 radical (unpaired) electrons. The minimum atomic E-state index is -1.46. The van der Waals surface area contributed by atoms with Crippen LogP contribution in [0.4, 0.5) is 22.0 Å². The van der Waals surface area contributed by atoms with Gasteiger partial charge in [0.05, 0.1) is 0 Å². The molecule has 0 bridgehead atoms. The van der Waals surface area contributed by atoms with Crippen molar-refractivity contribution < 1.29 is 22.0 Å². The first kappa shape index (κ1) is 29.6. The standard InChI is InChI=1S/C35H45F5/c1-2-3-4-5-22-6-8-23(9-7-22)24-10-12-25(13-11-24)28-18-30(36)34(31(37)19-28)27-16-14-26(15-17-27)29-20-32(38)35(40)33(39)21-29/h18-27H,2-17H2,1H3/t22?,23?,24-,25-,26?,27?. The maximum Gasteiger partial charge on any atom is 0.194 e. The van der Waals surface area contributed by atoms with E-state index in [0.29, 0.717) is 31.2 Å². The highest BCUT2D eigenvalue weighted by Crippen LogP contribution is 2.46. The zero-order valence-corrected chi connectivity index (χ0v) is 24.0. The number of hydrogen-bond donors (Lipinski definition) is 0. The molecule has 2 aromatic carbocycles. The van der Waals surface area contributed by atoms with Crippen molar-refractivity contribution in [1.82, 2.24) is 0 Å². The van der Waals surface area contributed by atoms with E-state index in [4.69, 9.17) is 0 Å². The maximum absolute atomic E-state index is 15.4. The topological polar surface area (TPSA) is 0 Å². The second-order valence-corrected chi connectivity index (χ2v) is 13.1. The largest absolute Gasteiger partial charge is 0.207 e. The monoisotopic (exact) mass is 560 g/mol. The Morgan fingerprint density at radius 1 is 0.525 bits per heavy atom. The second-order valence-electron chi connectivity index (χ2n) is 13.1. The van der Waals surface area contributed by atoms with E-state index in [1.165, 1.54) is 51.4 Å². The summed E-state index contributed by atoms with van der Waals surface area (Å²) in [5.74, 6) is -2.42. The van der Waals surface area contributed by atoms with Crippen molar-refractivity contribution in [3.05, 3.63) is 70.0 Å². The lowest BCUT2D eigenvalue weighted by molar-refractivity contribution is 0.155. The molecule has 0 nitrogen and oxygen atoms in total. The van der Waals surface area contributed by atoms with Crippen LogP contribution in [0.5, 0.6) is 0 Å². The quantitative estimate of drug-likeness (QED) is 0.171. The Balaban J connectivity index is 1.13. The second kappa shape index (κ2) is 13.4. The fourth-order valence-electron chi connectivity index (χ4n) is 8.31. The summed E-state index contributed by atoms with van der Waals surface area (Å²) in [7, 11) is 0. The summed E-state index contributed by atoms with van der Waals surface area (Å²) >= 11 is 0. The van der Waals surface area contributed by atoms with Gasteiger partial charge in [-0.15, -0.1) is 0 Å². The third-order valence-corrected chi connectivity index (χ3v) is 10.7. The van der Waals surface area contributed by atoms with Crippen molar-refractivity contribution >= 4 is 0 Å². The van der Waals surface area contributed by atoms with E-state index in [9.17, 15) is 13.2 Å². The van der Waals surface area contributed by atoms with Crippen molar-refractivity contribution in [3.8, 4) is 0 Å². The van der Waals surface area contributed by atoms with Gasteiger partial charge in [0.2, 0.25) is 0 Å². The van der Waals surface area contributed by atoms with Gasteiger partial charge in [-0.2, -0.15) is 0 Å². The van der Waals surface area contributed by atoms with E-state index < -0.39 is 29.1 Å². The van der Waals surface area contributed by atoms with E-state index in [-0.39, 0.29) is 23.3 Å². The molecule has 3 saturated carbocycles. The highest BCUT2D eigenvalue weighted by Gasteiger charge is 2.33. The van der Waals surface area contributed by atoms with Crippen molar-refractivity contribution in [2.45, 2.75) is 127 Å². The fourth-order valence-corrected chi connectivity index (χ4v) is 8.31. The predicted molar refractivity (Wildman–Crippen MR) is 151 cm³/mol. The molecule has 5 heteroatoms. The molecule has 5 rings (SSSR count). The Kier molecular flexibility index (Phi) is 9.89. The summed E-state index contributed by atoms with van der Waals surface area (Å²) in [5, 5.41) is 0. The molecule has 3 fully saturated rings. The van der Waals surface area contributed by atoms with Gasteiger partial charge in [0, 0.05) is 5.56 Å². The highest BCUT2D eigenvalue weighted by molar-refractivity contribution is 5.32. The molecule has 220 valence electrons. The molecule has 0 saturated heterocycles. The zero-order chi connectivity index (χ0) is 28.2. The lowest BCUT2D eigenvalue weighted by atomic mass is 9.68. The molecule has 0 heterocycles. The molecule has 0 atom stereocenters. The minimum Gasteiger partial charge on any atom is -0.207 e. The van der Waals surface area contributed by atoms with Crippen molar-refractivity contribution in [1.29, 1.82) is 0 Å². The molecule has 0 aromatic heterocycles. The Labute approximate surface area is 237 Å². The molecule has 0 aliphatic heterocycles. The van der Waals surface area contributed by atoms with Crippen LogP contribution in [0.1, 0.15) is 144 Å². The third-order valence-electron chi connectivity index (χ3n) is 10.7. The number of halogens is 5. The lowest BCUT2D eigenvalue weighted by Crippen LogP contribution is -2.25. The molecule has 0 unspecified atom stereocenters. The molecule has 3 aliphatic rings. The summed E-state index contributed by atoms with van der Waals surface area (Å²) in [6.07, 6.45) is 17.4. The average molecular weight is 561 g/mol. The molecule has 3 aliphatic carbocycles. The minimum absolute atomic E-state index is 0.141. The van der Waals surface area contributed by atoms with Gasteiger partial charge in [-0.25, -0.2) is 22.0 Å². The van der Waals surface area contributed by atoms with E-state index in [0.717, 1.165) is 61.1 Å².